The standard InChI is InChI=1S/C16H14FN.ClH/c1-11(13-3-2-8-18-10-13)15-6-4-12-9-14(17)5-7-16(12)15;/h2-3,5,7-10H,4,6H2,1H3;1H/b15-11+;. The molecule has 0 fully saturated rings. The first-order valence-corrected chi connectivity index (χ1v) is 6.14. The molecule has 2 aromatic rings. The monoisotopic (exact) mass is 275 g/mol. The van der Waals surface area contributed by atoms with E-state index in [1.54, 1.807) is 18.3 Å². The predicted octanol–water partition coefficient (Wildman–Crippen LogP) is 4.52. The van der Waals surface area contributed by atoms with Crippen LogP contribution < -0.4 is 0 Å². The van der Waals surface area contributed by atoms with Crippen LogP contribution in [-0.2, 0) is 6.42 Å². The summed E-state index contributed by atoms with van der Waals surface area (Å²) in [6, 6.07) is 9.10. The molecule has 0 unspecified atom stereocenters. The highest BCUT2D eigenvalue weighted by atomic mass is 35.5. The quantitative estimate of drug-likeness (QED) is 0.746. The molecule has 1 heterocycles. The van der Waals surface area contributed by atoms with E-state index in [0.717, 1.165) is 24.0 Å². The number of hydrogen-bond donors (Lipinski definition) is 0. The van der Waals surface area contributed by atoms with Crippen LogP contribution in [0.15, 0.2) is 42.7 Å². The molecular formula is C16H15ClFN. The van der Waals surface area contributed by atoms with Crippen LogP contribution in [0, 0.1) is 5.82 Å². The molecule has 0 N–H and O–H groups in total. The maximum absolute atomic E-state index is 13.2. The van der Waals surface area contributed by atoms with Crippen molar-refractivity contribution in [2.75, 3.05) is 0 Å². The third-order valence-corrected chi connectivity index (χ3v) is 3.58. The number of aromatic nitrogens is 1. The van der Waals surface area contributed by atoms with Gasteiger partial charge in [0, 0.05) is 12.4 Å². The Bertz CT molecular complexity index is 620. The third kappa shape index (κ3) is 2.54. The van der Waals surface area contributed by atoms with E-state index in [0.29, 0.717) is 0 Å². The van der Waals surface area contributed by atoms with Gasteiger partial charge in [0.1, 0.15) is 5.82 Å². The molecule has 19 heavy (non-hydrogen) atoms. The lowest BCUT2D eigenvalue weighted by Crippen LogP contribution is -1.87. The molecule has 1 aromatic heterocycles. The van der Waals surface area contributed by atoms with E-state index in [1.807, 2.05) is 18.3 Å². The van der Waals surface area contributed by atoms with Gasteiger partial charge in [-0.15, -0.1) is 12.4 Å². The Hall–Kier alpha value is -1.67. The highest BCUT2D eigenvalue weighted by Crippen LogP contribution is 2.37. The lowest BCUT2D eigenvalue weighted by atomic mass is 9.98. The minimum absolute atomic E-state index is 0. The molecule has 0 saturated carbocycles. The van der Waals surface area contributed by atoms with Crippen molar-refractivity contribution in [3.8, 4) is 0 Å². The average molecular weight is 276 g/mol. The minimum Gasteiger partial charge on any atom is -0.264 e. The van der Waals surface area contributed by atoms with Crippen molar-refractivity contribution in [3.63, 3.8) is 0 Å². The van der Waals surface area contributed by atoms with Gasteiger partial charge in [0.05, 0.1) is 0 Å². The number of rotatable bonds is 1. The molecule has 0 atom stereocenters. The van der Waals surface area contributed by atoms with Crippen molar-refractivity contribution >= 4 is 23.6 Å². The van der Waals surface area contributed by atoms with Gasteiger partial charge < -0.3 is 0 Å². The molecule has 0 amide bonds. The summed E-state index contributed by atoms with van der Waals surface area (Å²) in [7, 11) is 0. The molecule has 0 bridgehead atoms. The van der Waals surface area contributed by atoms with Crippen molar-refractivity contribution in [1.82, 2.24) is 4.98 Å². The summed E-state index contributed by atoms with van der Waals surface area (Å²) in [5, 5.41) is 0. The van der Waals surface area contributed by atoms with Gasteiger partial charge in [-0.25, -0.2) is 4.39 Å². The molecule has 3 rings (SSSR count). The van der Waals surface area contributed by atoms with E-state index in [1.165, 1.54) is 16.7 Å². The van der Waals surface area contributed by atoms with Gasteiger partial charge in [-0.1, -0.05) is 12.1 Å². The summed E-state index contributed by atoms with van der Waals surface area (Å²) in [6.45, 7) is 2.12. The zero-order valence-electron chi connectivity index (χ0n) is 10.7. The number of fused-ring (bicyclic) bond motifs is 1. The fourth-order valence-corrected chi connectivity index (χ4v) is 2.61. The van der Waals surface area contributed by atoms with Crippen molar-refractivity contribution in [1.29, 1.82) is 0 Å². The van der Waals surface area contributed by atoms with Gasteiger partial charge in [-0.2, -0.15) is 0 Å². The molecule has 0 spiro atoms. The number of nitrogens with zero attached hydrogens (tertiary/aromatic N) is 1. The van der Waals surface area contributed by atoms with Crippen LogP contribution in [0.3, 0.4) is 0 Å². The Morgan fingerprint density at radius 3 is 2.79 bits per heavy atom. The lowest BCUT2D eigenvalue weighted by Gasteiger charge is -2.07. The lowest BCUT2D eigenvalue weighted by molar-refractivity contribution is 0.626. The van der Waals surface area contributed by atoms with Gasteiger partial charge in [-0.05, 0) is 65.8 Å². The number of benzene rings is 1. The van der Waals surface area contributed by atoms with E-state index in [-0.39, 0.29) is 18.2 Å². The zero-order valence-corrected chi connectivity index (χ0v) is 11.5. The minimum atomic E-state index is -0.144. The van der Waals surface area contributed by atoms with Crippen LogP contribution in [0.2, 0.25) is 0 Å². The van der Waals surface area contributed by atoms with Crippen molar-refractivity contribution < 1.29 is 4.39 Å². The Balaban J connectivity index is 0.00000133. The smallest absolute Gasteiger partial charge is 0.123 e. The largest absolute Gasteiger partial charge is 0.264 e. The second-order valence-corrected chi connectivity index (χ2v) is 4.65. The fourth-order valence-electron chi connectivity index (χ4n) is 2.61. The Morgan fingerprint density at radius 2 is 2.05 bits per heavy atom. The Morgan fingerprint density at radius 1 is 1.21 bits per heavy atom. The summed E-state index contributed by atoms with van der Waals surface area (Å²) in [5.74, 6) is -0.144. The van der Waals surface area contributed by atoms with E-state index in [9.17, 15) is 4.39 Å². The average Bonchev–Trinajstić information content (AvgIpc) is 2.81. The molecule has 1 aliphatic carbocycles. The summed E-state index contributed by atoms with van der Waals surface area (Å²) < 4.78 is 13.2. The first-order valence-electron chi connectivity index (χ1n) is 6.14. The normalized spacial score (nSPS) is 15.7. The number of pyridine rings is 1. The zero-order chi connectivity index (χ0) is 12.5. The summed E-state index contributed by atoms with van der Waals surface area (Å²) in [6.07, 6.45) is 5.57. The number of allylic oxidation sites excluding steroid dienone is 2. The second kappa shape index (κ2) is 5.54. The Labute approximate surface area is 118 Å². The van der Waals surface area contributed by atoms with Gasteiger partial charge in [0.15, 0.2) is 0 Å². The van der Waals surface area contributed by atoms with Crippen LogP contribution in [0.5, 0.6) is 0 Å². The molecule has 1 aliphatic rings. The molecule has 3 heteroatoms. The van der Waals surface area contributed by atoms with Crippen LogP contribution in [0.4, 0.5) is 4.39 Å². The summed E-state index contributed by atoms with van der Waals surface area (Å²) >= 11 is 0. The van der Waals surface area contributed by atoms with Crippen LogP contribution in [0.25, 0.3) is 11.1 Å². The van der Waals surface area contributed by atoms with Gasteiger partial charge >= 0.3 is 0 Å². The van der Waals surface area contributed by atoms with E-state index >= 15 is 0 Å². The van der Waals surface area contributed by atoms with Gasteiger partial charge in [0.25, 0.3) is 0 Å². The highest BCUT2D eigenvalue weighted by Gasteiger charge is 2.19. The SMILES string of the molecule is C/C(=C1/CCc2cc(F)ccc21)c1cccnc1.Cl. The Kier molecular flexibility index (Phi) is 4.01. The molecule has 98 valence electrons. The van der Waals surface area contributed by atoms with Crippen molar-refractivity contribution in [2.45, 2.75) is 19.8 Å². The molecule has 0 aliphatic heterocycles. The predicted molar refractivity (Wildman–Crippen MR) is 78.7 cm³/mol. The van der Waals surface area contributed by atoms with Crippen molar-refractivity contribution in [3.05, 3.63) is 65.2 Å². The second-order valence-electron chi connectivity index (χ2n) is 4.65. The van der Waals surface area contributed by atoms with E-state index < -0.39 is 0 Å². The fraction of sp³-hybridized carbons (Fsp3) is 0.188. The first kappa shape index (κ1) is 13.8. The maximum Gasteiger partial charge on any atom is 0.123 e. The summed E-state index contributed by atoms with van der Waals surface area (Å²) in [5.41, 5.74) is 6.02. The van der Waals surface area contributed by atoms with Crippen LogP contribution >= 0.6 is 12.4 Å². The number of hydrogen-bond acceptors (Lipinski definition) is 1. The molecule has 1 aromatic carbocycles. The molecular weight excluding hydrogens is 261 g/mol. The van der Waals surface area contributed by atoms with Crippen LogP contribution in [0.1, 0.15) is 30.0 Å². The number of aryl methyl sites for hydroxylation is 1. The van der Waals surface area contributed by atoms with Crippen LogP contribution in [-0.4, -0.2) is 4.98 Å². The number of halogens is 2. The maximum atomic E-state index is 13.2. The topological polar surface area (TPSA) is 12.9 Å². The summed E-state index contributed by atoms with van der Waals surface area (Å²) in [4.78, 5) is 4.15. The van der Waals surface area contributed by atoms with Gasteiger partial charge in [-0.3, -0.25) is 4.98 Å². The molecule has 0 radical (unpaired) electrons. The van der Waals surface area contributed by atoms with E-state index in [2.05, 4.69) is 18.0 Å². The molecule has 0 saturated heterocycles. The highest BCUT2D eigenvalue weighted by molar-refractivity contribution is 5.92. The first-order chi connectivity index (χ1) is 8.75. The molecule has 1 nitrogen and oxygen atoms in total. The van der Waals surface area contributed by atoms with Gasteiger partial charge in [0.2, 0.25) is 0 Å². The van der Waals surface area contributed by atoms with Crippen molar-refractivity contribution in [2.24, 2.45) is 0 Å². The van der Waals surface area contributed by atoms with E-state index in [4.69, 9.17) is 0 Å². The third-order valence-electron chi connectivity index (χ3n) is 3.58.